The summed E-state index contributed by atoms with van der Waals surface area (Å²) in [6.45, 7) is 7.59. The van der Waals surface area contributed by atoms with E-state index in [1.807, 2.05) is 0 Å². The van der Waals surface area contributed by atoms with E-state index >= 15 is 0 Å². The Morgan fingerprint density at radius 2 is 2.18 bits per heavy atom. The molecule has 0 bridgehead atoms. The quantitative estimate of drug-likeness (QED) is 0.696. The Balaban J connectivity index is 1.58. The second-order valence-corrected chi connectivity index (χ2v) is 5.72. The van der Waals surface area contributed by atoms with Crippen LogP contribution < -0.4 is 10.6 Å². The summed E-state index contributed by atoms with van der Waals surface area (Å²) in [5.41, 5.74) is 0.617. The Labute approximate surface area is 106 Å². The molecular weight excluding hydrogens is 212 g/mol. The molecule has 3 nitrogen and oxygen atoms in total. The largest absolute Gasteiger partial charge is 0.376 e. The van der Waals surface area contributed by atoms with Crippen molar-refractivity contribution in [2.45, 2.75) is 51.6 Å². The van der Waals surface area contributed by atoms with Crippen LogP contribution in [0.4, 0.5) is 0 Å². The summed E-state index contributed by atoms with van der Waals surface area (Å²) in [5, 5.41) is 7.04. The van der Waals surface area contributed by atoms with E-state index in [1.165, 1.54) is 38.6 Å². The molecule has 1 atom stereocenters. The molecule has 0 aromatic heterocycles. The molecule has 2 N–H and O–H groups in total. The van der Waals surface area contributed by atoms with Crippen molar-refractivity contribution < 1.29 is 4.74 Å². The number of rotatable bonds is 6. The van der Waals surface area contributed by atoms with Crippen molar-refractivity contribution in [3.05, 3.63) is 0 Å². The maximum Gasteiger partial charge on any atom is 0.0712 e. The van der Waals surface area contributed by atoms with E-state index in [4.69, 9.17) is 4.74 Å². The van der Waals surface area contributed by atoms with Gasteiger partial charge in [0.2, 0.25) is 0 Å². The van der Waals surface area contributed by atoms with E-state index in [1.54, 1.807) is 0 Å². The topological polar surface area (TPSA) is 33.3 Å². The van der Waals surface area contributed by atoms with E-state index in [-0.39, 0.29) is 0 Å². The van der Waals surface area contributed by atoms with Crippen LogP contribution in [0, 0.1) is 5.41 Å². The highest BCUT2D eigenvalue weighted by atomic mass is 16.5. The summed E-state index contributed by atoms with van der Waals surface area (Å²) in [4.78, 5) is 0. The van der Waals surface area contributed by atoms with Crippen molar-refractivity contribution >= 4 is 0 Å². The first kappa shape index (κ1) is 13.3. The Bertz CT molecular complexity index is 208. The maximum absolute atomic E-state index is 5.70. The van der Waals surface area contributed by atoms with Crippen LogP contribution in [0.5, 0.6) is 0 Å². The summed E-state index contributed by atoms with van der Waals surface area (Å²) in [5.74, 6) is 0. The van der Waals surface area contributed by atoms with Crippen LogP contribution in [0.1, 0.15) is 45.4 Å². The van der Waals surface area contributed by atoms with Crippen LogP contribution in [0.15, 0.2) is 0 Å². The Morgan fingerprint density at radius 3 is 2.82 bits per heavy atom. The van der Waals surface area contributed by atoms with Gasteiger partial charge in [-0.2, -0.15) is 0 Å². The minimum Gasteiger partial charge on any atom is -0.376 e. The smallest absolute Gasteiger partial charge is 0.0712 e. The van der Waals surface area contributed by atoms with Gasteiger partial charge >= 0.3 is 0 Å². The van der Waals surface area contributed by atoms with Gasteiger partial charge in [-0.05, 0) is 37.6 Å². The molecule has 100 valence electrons. The van der Waals surface area contributed by atoms with Crippen molar-refractivity contribution in [2.75, 3.05) is 32.8 Å². The van der Waals surface area contributed by atoms with Gasteiger partial charge in [0.25, 0.3) is 0 Å². The molecular formula is C14H28N2O. The van der Waals surface area contributed by atoms with Crippen molar-refractivity contribution in [2.24, 2.45) is 5.41 Å². The second-order valence-electron chi connectivity index (χ2n) is 5.72. The Kier molecular flexibility index (Phi) is 5.26. The monoisotopic (exact) mass is 240 g/mol. The first-order valence-corrected chi connectivity index (χ1v) is 7.38. The lowest BCUT2D eigenvalue weighted by Crippen LogP contribution is -2.41. The fraction of sp³-hybridized carbons (Fsp3) is 1.00. The summed E-state index contributed by atoms with van der Waals surface area (Å²) in [7, 11) is 0. The molecule has 1 saturated heterocycles. The van der Waals surface area contributed by atoms with Gasteiger partial charge in [0.05, 0.1) is 12.7 Å². The number of morpholine rings is 1. The van der Waals surface area contributed by atoms with Crippen LogP contribution in [-0.4, -0.2) is 38.9 Å². The standard InChI is InChI=1S/C14H28N2O/c1-2-14(6-3-4-7-14)12-16-8-5-13-11-15-9-10-17-13/h13,15-16H,2-12H2,1H3. The van der Waals surface area contributed by atoms with E-state index < -0.39 is 0 Å². The van der Waals surface area contributed by atoms with Crippen molar-refractivity contribution in [1.29, 1.82) is 0 Å². The van der Waals surface area contributed by atoms with Gasteiger partial charge in [-0.1, -0.05) is 19.8 Å². The summed E-state index contributed by atoms with van der Waals surface area (Å²) >= 11 is 0. The molecule has 1 aliphatic heterocycles. The lowest BCUT2D eigenvalue weighted by atomic mass is 9.83. The molecule has 1 unspecified atom stereocenters. The van der Waals surface area contributed by atoms with Crippen molar-refractivity contribution in [3.8, 4) is 0 Å². The minimum atomic E-state index is 0.428. The maximum atomic E-state index is 5.70. The highest BCUT2D eigenvalue weighted by Crippen LogP contribution is 2.40. The average molecular weight is 240 g/mol. The number of hydrogen-bond donors (Lipinski definition) is 2. The molecule has 0 spiro atoms. The molecule has 1 aliphatic carbocycles. The predicted octanol–water partition coefficient (Wildman–Crippen LogP) is 1.92. The predicted molar refractivity (Wildman–Crippen MR) is 71.3 cm³/mol. The number of hydrogen-bond acceptors (Lipinski definition) is 3. The van der Waals surface area contributed by atoms with E-state index in [9.17, 15) is 0 Å². The third-order valence-electron chi connectivity index (χ3n) is 4.56. The molecule has 3 heteroatoms. The Morgan fingerprint density at radius 1 is 1.35 bits per heavy atom. The van der Waals surface area contributed by atoms with Crippen molar-refractivity contribution in [3.63, 3.8) is 0 Å². The van der Waals surface area contributed by atoms with Crippen LogP contribution in [0.3, 0.4) is 0 Å². The molecule has 1 heterocycles. The lowest BCUT2D eigenvalue weighted by molar-refractivity contribution is 0.0234. The zero-order chi connectivity index (χ0) is 12.0. The number of nitrogens with one attached hydrogen (secondary N) is 2. The van der Waals surface area contributed by atoms with Gasteiger partial charge in [0, 0.05) is 19.6 Å². The van der Waals surface area contributed by atoms with Gasteiger partial charge in [0.15, 0.2) is 0 Å². The highest BCUT2D eigenvalue weighted by Gasteiger charge is 2.31. The first-order chi connectivity index (χ1) is 8.35. The molecule has 0 aromatic rings. The molecule has 1 saturated carbocycles. The summed E-state index contributed by atoms with van der Waals surface area (Å²) in [6, 6.07) is 0. The fourth-order valence-corrected chi connectivity index (χ4v) is 3.20. The zero-order valence-corrected chi connectivity index (χ0v) is 11.3. The first-order valence-electron chi connectivity index (χ1n) is 7.38. The molecule has 2 aliphatic rings. The van der Waals surface area contributed by atoms with Crippen LogP contribution in [0.2, 0.25) is 0 Å². The molecule has 2 fully saturated rings. The van der Waals surface area contributed by atoms with Gasteiger partial charge in [-0.3, -0.25) is 0 Å². The van der Waals surface area contributed by atoms with Crippen LogP contribution in [0.25, 0.3) is 0 Å². The van der Waals surface area contributed by atoms with Crippen LogP contribution >= 0.6 is 0 Å². The third kappa shape index (κ3) is 3.94. The summed E-state index contributed by atoms with van der Waals surface area (Å²) < 4.78 is 5.70. The molecule has 0 aromatic carbocycles. The average Bonchev–Trinajstić information content (AvgIpc) is 2.85. The van der Waals surface area contributed by atoms with E-state index in [0.29, 0.717) is 11.5 Å². The SMILES string of the molecule is CCC1(CNCCC2CNCCO2)CCCC1. The van der Waals surface area contributed by atoms with Crippen LogP contribution in [-0.2, 0) is 4.74 Å². The second kappa shape index (κ2) is 6.72. The number of ether oxygens (including phenoxy) is 1. The van der Waals surface area contributed by atoms with E-state index in [0.717, 1.165) is 32.7 Å². The zero-order valence-electron chi connectivity index (χ0n) is 11.3. The normalized spacial score (nSPS) is 28.4. The van der Waals surface area contributed by atoms with Gasteiger partial charge < -0.3 is 15.4 Å². The molecule has 0 amide bonds. The highest BCUT2D eigenvalue weighted by molar-refractivity contribution is 4.85. The molecule has 2 rings (SSSR count). The van der Waals surface area contributed by atoms with Gasteiger partial charge in [0.1, 0.15) is 0 Å². The molecule has 17 heavy (non-hydrogen) atoms. The van der Waals surface area contributed by atoms with Crippen molar-refractivity contribution in [1.82, 2.24) is 10.6 Å². The van der Waals surface area contributed by atoms with Gasteiger partial charge in [-0.25, -0.2) is 0 Å². The van der Waals surface area contributed by atoms with Gasteiger partial charge in [-0.15, -0.1) is 0 Å². The molecule has 0 radical (unpaired) electrons. The summed E-state index contributed by atoms with van der Waals surface area (Å²) in [6.07, 6.45) is 8.64. The fourth-order valence-electron chi connectivity index (χ4n) is 3.20. The minimum absolute atomic E-state index is 0.428. The third-order valence-corrected chi connectivity index (χ3v) is 4.56. The van der Waals surface area contributed by atoms with E-state index in [2.05, 4.69) is 17.6 Å². The lowest BCUT2D eigenvalue weighted by Gasteiger charge is -2.29. The Hall–Kier alpha value is -0.120.